The average molecular weight is 241 g/mol. The Hall–Kier alpha value is -2.61. The number of rotatable bonds is 3. The van der Waals surface area contributed by atoms with Crippen LogP contribution in [0.3, 0.4) is 0 Å². The molecule has 0 aliphatic rings. The lowest BCUT2D eigenvalue weighted by molar-refractivity contribution is 0.0526. The smallest absolute Gasteiger partial charge is 0.341 e. The van der Waals surface area contributed by atoms with Gasteiger partial charge in [-0.3, -0.25) is 0 Å². The molecule has 1 heterocycles. The minimum atomic E-state index is -0.391. The fourth-order valence-electron chi connectivity index (χ4n) is 1.47. The van der Waals surface area contributed by atoms with Crippen molar-refractivity contribution in [2.24, 2.45) is 0 Å². The zero-order chi connectivity index (χ0) is 13.0. The molecule has 0 saturated heterocycles. The number of benzene rings is 1. The number of hydrogen-bond donors (Lipinski definition) is 0. The third-order valence-electron chi connectivity index (χ3n) is 2.35. The quantitative estimate of drug-likeness (QED) is 0.770. The summed E-state index contributed by atoms with van der Waals surface area (Å²) in [7, 11) is 0. The van der Waals surface area contributed by atoms with Gasteiger partial charge in [-0.2, -0.15) is 10.4 Å². The monoisotopic (exact) mass is 241 g/mol. The van der Waals surface area contributed by atoms with E-state index in [-0.39, 0.29) is 0 Å². The van der Waals surface area contributed by atoms with E-state index in [1.807, 2.05) is 6.07 Å². The fourth-order valence-corrected chi connectivity index (χ4v) is 1.47. The summed E-state index contributed by atoms with van der Waals surface area (Å²) >= 11 is 0. The summed E-state index contributed by atoms with van der Waals surface area (Å²) in [6.45, 7) is 2.09. The van der Waals surface area contributed by atoms with Gasteiger partial charge < -0.3 is 4.74 Å². The summed E-state index contributed by atoms with van der Waals surface area (Å²) < 4.78 is 6.44. The van der Waals surface area contributed by atoms with Gasteiger partial charge in [0, 0.05) is 6.20 Å². The average Bonchev–Trinajstić information content (AvgIpc) is 2.89. The van der Waals surface area contributed by atoms with Crippen molar-refractivity contribution in [2.45, 2.75) is 6.92 Å². The lowest BCUT2D eigenvalue weighted by Crippen LogP contribution is -2.03. The van der Waals surface area contributed by atoms with Crippen LogP contribution in [-0.2, 0) is 4.74 Å². The van der Waals surface area contributed by atoms with Gasteiger partial charge in [-0.15, -0.1) is 0 Å². The van der Waals surface area contributed by atoms with Crippen molar-refractivity contribution in [1.29, 1.82) is 5.26 Å². The number of carbonyl (C=O) groups excluding carboxylic acids is 1. The number of aromatic nitrogens is 2. The van der Waals surface area contributed by atoms with Crippen molar-refractivity contribution in [3.05, 3.63) is 47.8 Å². The van der Waals surface area contributed by atoms with Crippen LogP contribution in [0.15, 0.2) is 36.7 Å². The Kier molecular flexibility index (Phi) is 3.39. The zero-order valence-corrected chi connectivity index (χ0v) is 9.83. The van der Waals surface area contributed by atoms with Crippen LogP contribution in [0.2, 0.25) is 0 Å². The molecule has 0 fully saturated rings. The molecule has 2 aromatic rings. The zero-order valence-electron chi connectivity index (χ0n) is 9.83. The molecule has 0 saturated carbocycles. The van der Waals surface area contributed by atoms with E-state index in [0.717, 1.165) is 5.69 Å². The van der Waals surface area contributed by atoms with Crippen LogP contribution in [0.1, 0.15) is 22.8 Å². The molecule has 1 aromatic heterocycles. The Morgan fingerprint density at radius 2 is 2.17 bits per heavy atom. The highest BCUT2D eigenvalue weighted by atomic mass is 16.5. The minimum absolute atomic E-state index is 0.334. The van der Waals surface area contributed by atoms with Crippen LogP contribution in [0, 0.1) is 11.3 Å². The van der Waals surface area contributed by atoms with E-state index in [0.29, 0.717) is 17.7 Å². The molecule has 2 rings (SSSR count). The maximum absolute atomic E-state index is 11.5. The molecule has 0 unspecified atom stereocenters. The third kappa shape index (κ3) is 2.38. The van der Waals surface area contributed by atoms with Crippen molar-refractivity contribution in [2.75, 3.05) is 6.61 Å². The second-order valence-electron chi connectivity index (χ2n) is 3.55. The molecule has 0 aliphatic carbocycles. The number of carbonyl (C=O) groups is 1. The fraction of sp³-hybridized carbons (Fsp3) is 0.154. The van der Waals surface area contributed by atoms with E-state index in [4.69, 9.17) is 10.00 Å². The van der Waals surface area contributed by atoms with Gasteiger partial charge in [-0.05, 0) is 31.2 Å². The van der Waals surface area contributed by atoms with Crippen LogP contribution in [0.5, 0.6) is 0 Å². The molecule has 0 aliphatic heterocycles. The molecular formula is C13H11N3O2. The third-order valence-corrected chi connectivity index (χ3v) is 2.35. The highest BCUT2D eigenvalue weighted by molar-refractivity contribution is 5.88. The molecule has 0 N–H and O–H groups in total. The Morgan fingerprint density at radius 3 is 2.78 bits per heavy atom. The second-order valence-corrected chi connectivity index (χ2v) is 3.55. The highest BCUT2D eigenvalue weighted by Crippen LogP contribution is 2.10. The Balaban J connectivity index is 2.24. The molecule has 5 nitrogen and oxygen atoms in total. The van der Waals surface area contributed by atoms with Crippen molar-refractivity contribution in [1.82, 2.24) is 9.78 Å². The molecule has 5 heteroatoms. The number of nitriles is 1. The van der Waals surface area contributed by atoms with E-state index in [1.165, 1.54) is 6.20 Å². The highest BCUT2D eigenvalue weighted by Gasteiger charge is 2.09. The molecule has 90 valence electrons. The Labute approximate surface area is 104 Å². The van der Waals surface area contributed by atoms with E-state index in [1.54, 1.807) is 42.1 Å². The lowest BCUT2D eigenvalue weighted by Gasteiger charge is -2.00. The van der Waals surface area contributed by atoms with Gasteiger partial charge >= 0.3 is 5.97 Å². The number of esters is 1. The standard InChI is InChI=1S/C13H11N3O2/c1-2-18-13(17)11-8-15-16(9-11)12-5-3-10(7-14)4-6-12/h3-6,8-9H,2H2,1H3. The maximum atomic E-state index is 11.5. The van der Waals surface area contributed by atoms with E-state index in [2.05, 4.69) is 5.10 Å². The van der Waals surface area contributed by atoms with Gasteiger partial charge in [0.2, 0.25) is 0 Å². The Morgan fingerprint density at radius 1 is 1.44 bits per heavy atom. The predicted octanol–water partition coefficient (Wildman–Crippen LogP) is 1.92. The summed E-state index contributed by atoms with van der Waals surface area (Å²) in [4.78, 5) is 11.5. The van der Waals surface area contributed by atoms with Crippen molar-refractivity contribution in [3.8, 4) is 11.8 Å². The van der Waals surface area contributed by atoms with E-state index < -0.39 is 5.97 Å². The summed E-state index contributed by atoms with van der Waals surface area (Å²) in [5.74, 6) is -0.391. The summed E-state index contributed by atoms with van der Waals surface area (Å²) in [6.07, 6.45) is 3.05. The van der Waals surface area contributed by atoms with Crippen LogP contribution >= 0.6 is 0 Å². The molecular weight excluding hydrogens is 230 g/mol. The first-order valence-corrected chi connectivity index (χ1v) is 5.47. The van der Waals surface area contributed by atoms with Crippen molar-refractivity contribution < 1.29 is 9.53 Å². The molecule has 0 spiro atoms. The predicted molar refractivity (Wildman–Crippen MR) is 64.2 cm³/mol. The molecule has 1 aromatic carbocycles. The van der Waals surface area contributed by atoms with Gasteiger partial charge in [-0.1, -0.05) is 0 Å². The van der Waals surface area contributed by atoms with Crippen molar-refractivity contribution in [3.63, 3.8) is 0 Å². The summed E-state index contributed by atoms with van der Waals surface area (Å²) in [6, 6.07) is 8.96. The molecule has 0 atom stereocenters. The van der Waals surface area contributed by atoms with Gasteiger partial charge in [0.05, 0.1) is 35.7 Å². The number of ether oxygens (including phenoxy) is 1. The maximum Gasteiger partial charge on any atom is 0.341 e. The van der Waals surface area contributed by atoms with Crippen molar-refractivity contribution >= 4 is 5.97 Å². The van der Waals surface area contributed by atoms with E-state index >= 15 is 0 Å². The Bertz CT molecular complexity index is 593. The number of hydrogen-bond acceptors (Lipinski definition) is 4. The van der Waals surface area contributed by atoms with Gasteiger partial charge in [0.1, 0.15) is 0 Å². The van der Waals surface area contributed by atoms with Gasteiger partial charge in [0.15, 0.2) is 0 Å². The first-order chi connectivity index (χ1) is 8.74. The van der Waals surface area contributed by atoms with Gasteiger partial charge in [0.25, 0.3) is 0 Å². The topological polar surface area (TPSA) is 67.9 Å². The largest absolute Gasteiger partial charge is 0.462 e. The van der Waals surface area contributed by atoms with Crippen LogP contribution < -0.4 is 0 Å². The van der Waals surface area contributed by atoms with Gasteiger partial charge in [-0.25, -0.2) is 9.48 Å². The first kappa shape index (κ1) is 11.9. The first-order valence-electron chi connectivity index (χ1n) is 5.47. The van der Waals surface area contributed by atoms with Crippen LogP contribution in [0.25, 0.3) is 5.69 Å². The minimum Gasteiger partial charge on any atom is -0.462 e. The van der Waals surface area contributed by atoms with Crippen LogP contribution in [-0.4, -0.2) is 22.4 Å². The SMILES string of the molecule is CCOC(=O)c1cnn(-c2ccc(C#N)cc2)c1. The normalized spacial score (nSPS) is 9.78. The molecule has 0 amide bonds. The number of nitrogens with zero attached hydrogens (tertiary/aromatic N) is 3. The second kappa shape index (κ2) is 5.15. The van der Waals surface area contributed by atoms with E-state index in [9.17, 15) is 4.79 Å². The molecule has 0 bridgehead atoms. The molecule has 18 heavy (non-hydrogen) atoms. The summed E-state index contributed by atoms with van der Waals surface area (Å²) in [5.41, 5.74) is 1.77. The summed E-state index contributed by atoms with van der Waals surface area (Å²) in [5, 5.41) is 12.8. The van der Waals surface area contributed by atoms with Crippen LogP contribution in [0.4, 0.5) is 0 Å². The lowest BCUT2D eigenvalue weighted by atomic mass is 10.2. The molecule has 0 radical (unpaired) electrons.